The fourth-order valence-electron chi connectivity index (χ4n) is 5.07. The van der Waals surface area contributed by atoms with E-state index >= 15 is 0 Å². The van der Waals surface area contributed by atoms with E-state index in [9.17, 15) is 0 Å². The molecule has 2 heterocycles. The zero-order valence-electron chi connectivity index (χ0n) is 27.9. The third kappa shape index (κ3) is 4.63. The van der Waals surface area contributed by atoms with Gasteiger partial charge in [-0.1, -0.05) is 79.2 Å². The summed E-state index contributed by atoms with van der Waals surface area (Å²) in [6.45, 7) is 1.28. The van der Waals surface area contributed by atoms with Crippen LogP contribution in [0.4, 0.5) is 0 Å². The first-order chi connectivity index (χ1) is 21.1. The minimum Gasteiger partial charge on any atom is -0.457 e. The summed E-state index contributed by atoms with van der Waals surface area (Å²) in [7, 11) is 0. The average Bonchev–Trinajstić information content (AvgIpc) is 3.29. The van der Waals surface area contributed by atoms with Gasteiger partial charge in [0.25, 0.3) is 0 Å². The molecule has 0 radical (unpaired) electrons. The van der Waals surface area contributed by atoms with Gasteiger partial charge in [0.2, 0.25) is 0 Å². The highest BCUT2D eigenvalue weighted by Crippen LogP contribution is 2.41. The first-order valence-electron chi connectivity index (χ1n) is 15.7. The van der Waals surface area contributed by atoms with E-state index in [4.69, 9.17) is 17.9 Å². The van der Waals surface area contributed by atoms with Gasteiger partial charge in [0.15, 0.2) is 0 Å². The smallest absolute Gasteiger partial charge is 0.137 e. The van der Waals surface area contributed by atoms with Crippen molar-refractivity contribution in [1.82, 2.24) is 9.55 Å². The molecule has 0 N–H and O–H groups in total. The van der Waals surface area contributed by atoms with Crippen LogP contribution in [0.3, 0.4) is 0 Å². The molecule has 39 heavy (non-hydrogen) atoms. The first kappa shape index (κ1) is 19.2. The lowest BCUT2D eigenvalue weighted by atomic mass is 9.88. The second kappa shape index (κ2) is 9.69. The standard InChI is InChI=1S/C35H31BrN2O/c1-22-9-6-10-23(2)33(22)30-14-8-13-29-28-16-15-27(39-26-12-7-11-25(36)20-26)21-31(28)38(34(29)30)32-19-24(17-18-37-32)35(3,4)5/h6-21H,1-5H3/i1D3,2D3. The Morgan fingerprint density at radius 3 is 2.28 bits per heavy atom. The van der Waals surface area contributed by atoms with Crippen molar-refractivity contribution in [1.29, 1.82) is 0 Å². The Bertz CT molecular complexity index is 2040. The zero-order valence-corrected chi connectivity index (χ0v) is 23.5. The van der Waals surface area contributed by atoms with Crippen molar-refractivity contribution in [3.05, 3.63) is 118 Å². The molecule has 0 spiro atoms. The lowest BCUT2D eigenvalue weighted by molar-refractivity contribution is 0.483. The molecule has 0 saturated heterocycles. The van der Waals surface area contributed by atoms with Crippen molar-refractivity contribution in [3.8, 4) is 28.4 Å². The zero-order chi connectivity index (χ0) is 32.3. The van der Waals surface area contributed by atoms with E-state index in [1.807, 2.05) is 71.3 Å². The molecule has 0 aliphatic heterocycles. The highest BCUT2D eigenvalue weighted by Gasteiger charge is 2.21. The van der Waals surface area contributed by atoms with Gasteiger partial charge in [-0.25, -0.2) is 4.98 Å². The van der Waals surface area contributed by atoms with Crippen molar-refractivity contribution in [2.45, 2.75) is 39.9 Å². The molecule has 0 bridgehead atoms. The van der Waals surface area contributed by atoms with Gasteiger partial charge >= 0.3 is 0 Å². The van der Waals surface area contributed by atoms with Crippen LogP contribution in [0.5, 0.6) is 11.5 Å². The van der Waals surface area contributed by atoms with Gasteiger partial charge in [0.05, 0.1) is 11.0 Å². The topological polar surface area (TPSA) is 27.1 Å². The molecule has 4 aromatic carbocycles. The molecule has 0 amide bonds. The normalized spacial score (nSPS) is 14.8. The summed E-state index contributed by atoms with van der Waals surface area (Å²) in [5, 5.41) is 1.72. The van der Waals surface area contributed by atoms with Crippen LogP contribution in [0, 0.1) is 13.7 Å². The van der Waals surface area contributed by atoms with Gasteiger partial charge in [-0.2, -0.15) is 0 Å². The summed E-state index contributed by atoms with van der Waals surface area (Å²) in [6.07, 6.45) is 1.77. The van der Waals surface area contributed by atoms with Crippen molar-refractivity contribution in [2.24, 2.45) is 0 Å². The molecule has 6 rings (SSSR count). The third-order valence-corrected chi connectivity index (χ3v) is 7.46. The number of halogens is 1. The largest absolute Gasteiger partial charge is 0.457 e. The van der Waals surface area contributed by atoms with E-state index in [-0.39, 0.29) is 22.1 Å². The van der Waals surface area contributed by atoms with E-state index in [0.717, 1.165) is 26.3 Å². The molecule has 0 aliphatic carbocycles. The maximum absolute atomic E-state index is 8.35. The van der Waals surface area contributed by atoms with Crippen molar-refractivity contribution < 1.29 is 13.0 Å². The summed E-state index contributed by atoms with van der Waals surface area (Å²) >= 11 is 3.50. The molecule has 0 aliphatic rings. The van der Waals surface area contributed by atoms with Crippen LogP contribution in [-0.4, -0.2) is 9.55 Å². The number of benzene rings is 4. The van der Waals surface area contributed by atoms with Gasteiger partial charge in [-0.05, 0) is 83.8 Å². The van der Waals surface area contributed by atoms with Crippen molar-refractivity contribution in [2.75, 3.05) is 0 Å². The summed E-state index contributed by atoms with van der Waals surface area (Å²) in [6, 6.07) is 27.5. The number of pyridine rings is 1. The van der Waals surface area contributed by atoms with Gasteiger partial charge in [0.1, 0.15) is 17.3 Å². The Morgan fingerprint density at radius 2 is 1.54 bits per heavy atom. The average molecular weight is 582 g/mol. The fourth-order valence-corrected chi connectivity index (χ4v) is 5.44. The van der Waals surface area contributed by atoms with Crippen LogP contribution in [0.2, 0.25) is 0 Å². The minimum atomic E-state index is -2.55. The highest BCUT2D eigenvalue weighted by molar-refractivity contribution is 9.10. The molecule has 4 heteroatoms. The predicted octanol–water partition coefficient (Wildman–Crippen LogP) is 10.3. The number of aromatic nitrogens is 2. The molecular weight excluding hydrogens is 544 g/mol. The molecule has 6 aromatic rings. The third-order valence-electron chi connectivity index (χ3n) is 6.97. The maximum Gasteiger partial charge on any atom is 0.137 e. The fraction of sp³-hybridized carbons (Fsp3) is 0.171. The Balaban J connectivity index is 1.74. The van der Waals surface area contributed by atoms with E-state index in [0.29, 0.717) is 28.4 Å². The number of nitrogens with zero attached hydrogens (tertiary/aromatic N) is 2. The molecular formula is C35H31BrN2O. The second-order valence-corrected chi connectivity index (χ2v) is 11.6. The van der Waals surface area contributed by atoms with Crippen LogP contribution >= 0.6 is 15.9 Å². The van der Waals surface area contributed by atoms with Crippen LogP contribution in [0.1, 0.15) is 45.7 Å². The van der Waals surface area contributed by atoms with Gasteiger partial charge < -0.3 is 4.74 Å². The SMILES string of the molecule is [2H]C([2H])([2H])c1cccc(C([2H])([2H])[2H])c1-c1cccc2c3ccc(Oc4cccc(Br)c4)cc3n(-c3cc(C(C)(C)C)ccn3)c12. The Hall–Kier alpha value is -3.89. The molecule has 0 unspecified atom stereocenters. The summed E-state index contributed by atoms with van der Waals surface area (Å²) in [5.74, 6) is 1.88. The van der Waals surface area contributed by atoms with E-state index in [1.54, 1.807) is 12.3 Å². The molecule has 0 fully saturated rings. The number of hydrogen-bond acceptors (Lipinski definition) is 2. The van der Waals surface area contributed by atoms with E-state index in [2.05, 4.69) is 36.7 Å². The van der Waals surface area contributed by atoms with Gasteiger partial charge in [-0.3, -0.25) is 4.57 Å². The summed E-state index contributed by atoms with van der Waals surface area (Å²) in [5.41, 5.74) is 2.98. The number of fused-ring (bicyclic) bond motifs is 3. The highest BCUT2D eigenvalue weighted by atomic mass is 79.9. The van der Waals surface area contributed by atoms with Crippen LogP contribution in [-0.2, 0) is 5.41 Å². The Kier molecular flexibility index (Phi) is 4.78. The monoisotopic (exact) mass is 580 g/mol. The molecule has 0 saturated carbocycles. The van der Waals surface area contributed by atoms with Crippen LogP contribution in [0.25, 0.3) is 38.8 Å². The van der Waals surface area contributed by atoms with Gasteiger partial charge in [-0.15, -0.1) is 0 Å². The van der Waals surface area contributed by atoms with Crippen molar-refractivity contribution in [3.63, 3.8) is 0 Å². The number of hydrogen-bond donors (Lipinski definition) is 0. The molecule has 2 aromatic heterocycles. The lowest BCUT2D eigenvalue weighted by Gasteiger charge is -2.20. The number of para-hydroxylation sites is 1. The van der Waals surface area contributed by atoms with Crippen LogP contribution < -0.4 is 4.74 Å². The van der Waals surface area contributed by atoms with Crippen LogP contribution in [0.15, 0.2) is 102 Å². The Labute approximate surface area is 246 Å². The van der Waals surface area contributed by atoms with E-state index in [1.165, 1.54) is 18.2 Å². The number of aryl methyl sites for hydroxylation is 2. The van der Waals surface area contributed by atoms with Gasteiger partial charge in [0, 0.05) is 41.3 Å². The summed E-state index contributed by atoms with van der Waals surface area (Å²) < 4.78 is 59.3. The number of ether oxygens (including phenoxy) is 1. The predicted molar refractivity (Wildman–Crippen MR) is 166 cm³/mol. The van der Waals surface area contributed by atoms with Crippen molar-refractivity contribution >= 4 is 37.7 Å². The summed E-state index contributed by atoms with van der Waals surface area (Å²) in [4.78, 5) is 4.79. The lowest BCUT2D eigenvalue weighted by Crippen LogP contribution is -2.12. The molecule has 0 atom stereocenters. The maximum atomic E-state index is 8.35. The minimum absolute atomic E-state index is 0.0180. The Morgan fingerprint density at radius 1 is 0.795 bits per heavy atom. The first-order valence-corrected chi connectivity index (χ1v) is 13.5. The van der Waals surface area contributed by atoms with E-state index < -0.39 is 13.7 Å². The second-order valence-electron chi connectivity index (χ2n) is 10.7. The quantitative estimate of drug-likeness (QED) is 0.207. The molecule has 3 nitrogen and oxygen atoms in total. The number of rotatable bonds is 4. The molecule has 194 valence electrons.